The van der Waals surface area contributed by atoms with Crippen LogP contribution in [0.5, 0.6) is 0 Å². The molecule has 0 aromatic carbocycles. The van der Waals surface area contributed by atoms with Gasteiger partial charge in [-0.15, -0.1) is 0 Å². The maximum atomic E-state index is 5.68. The van der Waals surface area contributed by atoms with Gasteiger partial charge in [0.05, 0.1) is 0 Å². The van der Waals surface area contributed by atoms with Crippen molar-refractivity contribution < 1.29 is 0 Å². The van der Waals surface area contributed by atoms with Crippen LogP contribution in [0.15, 0.2) is 6.20 Å². The first kappa shape index (κ1) is 10.1. The van der Waals surface area contributed by atoms with Gasteiger partial charge in [-0.2, -0.15) is 0 Å². The van der Waals surface area contributed by atoms with Gasteiger partial charge in [0.15, 0.2) is 0 Å². The van der Waals surface area contributed by atoms with Crippen LogP contribution in [0.3, 0.4) is 0 Å². The van der Waals surface area contributed by atoms with Gasteiger partial charge in [-0.3, -0.25) is 0 Å². The minimum Gasteiger partial charge on any atom is -0.328 e. The number of rotatable bonds is 3. The molecule has 3 heteroatoms. The Bertz CT molecular complexity index is 281. The van der Waals surface area contributed by atoms with Crippen molar-refractivity contribution in [2.75, 3.05) is 0 Å². The normalized spacial score (nSPS) is 12.9. The summed E-state index contributed by atoms with van der Waals surface area (Å²) in [4.78, 5) is 8.50. The van der Waals surface area contributed by atoms with Crippen LogP contribution in [0.2, 0.25) is 0 Å². The van der Waals surface area contributed by atoms with Crippen LogP contribution < -0.4 is 5.73 Å². The summed E-state index contributed by atoms with van der Waals surface area (Å²) in [6.45, 7) is 5.97. The Labute approximate surface area is 79.4 Å². The van der Waals surface area contributed by atoms with Gasteiger partial charge in [0.2, 0.25) is 0 Å². The van der Waals surface area contributed by atoms with Gasteiger partial charge in [0.25, 0.3) is 0 Å². The largest absolute Gasteiger partial charge is 0.328 e. The Balaban J connectivity index is 2.70. The van der Waals surface area contributed by atoms with Crippen molar-refractivity contribution in [3.8, 4) is 0 Å². The van der Waals surface area contributed by atoms with E-state index in [-0.39, 0.29) is 6.04 Å². The van der Waals surface area contributed by atoms with Crippen molar-refractivity contribution in [2.45, 2.75) is 39.7 Å². The third-order valence-corrected chi connectivity index (χ3v) is 2.03. The van der Waals surface area contributed by atoms with Crippen LogP contribution in [-0.4, -0.2) is 16.0 Å². The van der Waals surface area contributed by atoms with Crippen LogP contribution in [0.4, 0.5) is 0 Å². The molecule has 1 aromatic heterocycles. The lowest BCUT2D eigenvalue weighted by Crippen LogP contribution is -2.16. The van der Waals surface area contributed by atoms with Crippen molar-refractivity contribution in [1.29, 1.82) is 0 Å². The average molecular weight is 179 g/mol. The average Bonchev–Trinajstić information content (AvgIpc) is 2.06. The summed E-state index contributed by atoms with van der Waals surface area (Å²) in [7, 11) is 0. The maximum absolute atomic E-state index is 5.68. The number of nitrogens with two attached hydrogens (primary N) is 1. The van der Waals surface area contributed by atoms with E-state index in [2.05, 4.69) is 9.97 Å². The number of nitrogens with zero attached hydrogens (tertiary/aromatic N) is 2. The Kier molecular flexibility index (Phi) is 3.37. The molecule has 0 fully saturated rings. The van der Waals surface area contributed by atoms with E-state index >= 15 is 0 Å². The van der Waals surface area contributed by atoms with Crippen molar-refractivity contribution in [1.82, 2.24) is 9.97 Å². The molecule has 0 radical (unpaired) electrons. The minimum absolute atomic E-state index is 0.245. The third-order valence-electron chi connectivity index (χ3n) is 2.03. The maximum Gasteiger partial charge on any atom is 0.125 e. The quantitative estimate of drug-likeness (QED) is 0.762. The molecule has 0 spiro atoms. The standard InChI is InChI=1S/C10H17N3/c1-7-6-12-9(3)13-10(7)5-4-8(2)11/h6,8H,4-5,11H2,1-3H3. The summed E-state index contributed by atoms with van der Waals surface area (Å²) in [6, 6.07) is 0.245. The van der Waals surface area contributed by atoms with Crippen molar-refractivity contribution in [3.63, 3.8) is 0 Å². The molecule has 2 N–H and O–H groups in total. The molecular weight excluding hydrogens is 162 g/mol. The zero-order valence-corrected chi connectivity index (χ0v) is 8.54. The molecule has 0 saturated carbocycles. The van der Waals surface area contributed by atoms with Gasteiger partial charge in [-0.25, -0.2) is 9.97 Å². The van der Waals surface area contributed by atoms with Crippen LogP contribution in [0, 0.1) is 13.8 Å². The molecule has 1 aromatic rings. The zero-order valence-electron chi connectivity index (χ0n) is 8.54. The summed E-state index contributed by atoms with van der Waals surface area (Å²) in [5.41, 5.74) is 7.97. The first-order valence-corrected chi connectivity index (χ1v) is 4.64. The molecule has 1 heterocycles. The number of hydrogen-bond acceptors (Lipinski definition) is 3. The molecule has 72 valence electrons. The first-order valence-electron chi connectivity index (χ1n) is 4.64. The predicted octanol–water partition coefficient (Wildman–Crippen LogP) is 1.37. The summed E-state index contributed by atoms with van der Waals surface area (Å²) in [5, 5.41) is 0. The SMILES string of the molecule is Cc1ncc(C)c(CCC(C)N)n1. The lowest BCUT2D eigenvalue weighted by Gasteiger charge is -2.07. The number of hydrogen-bond donors (Lipinski definition) is 1. The fourth-order valence-electron chi connectivity index (χ4n) is 1.19. The van der Waals surface area contributed by atoms with E-state index in [0.29, 0.717) is 0 Å². The van der Waals surface area contributed by atoms with Gasteiger partial charge >= 0.3 is 0 Å². The number of aryl methyl sites for hydroxylation is 3. The lowest BCUT2D eigenvalue weighted by molar-refractivity contribution is 0.653. The smallest absolute Gasteiger partial charge is 0.125 e. The molecule has 0 bridgehead atoms. The molecule has 13 heavy (non-hydrogen) atoms. The highest BCUT2D eigenvalue weighted by molar-refractivity contribution is 5.15. The van der Waals surface area contributed by atoms with E-state index in [1.54, 1.807) is 0 Å². The molecule has 0 amide bonds. The molecule has 1 unspecified atom stereocenters. The van der Waals surface area contributed by atoms with Gasteiger partial charge in [0.1, 0.15) is 5.82 Å². The fraction of sp³-hybridized carbons (Fsp3) is 0.600. The van der Waals surface area contributed by atoms with E-state index in [9.17, 15) is 0 Å². The second-order valence-corrected chi connectivity index (χ2v) is 3.56. The van der Waals surface area contributed by atoms with Crippen molar-refractivity contribution in [2.24, 2.45) is 5.73 Å². The molecule has 1 atom stereocenters. The Morgan fingerprint density at radius 3 is 2.77 bits per heavy atom. The number of aromatic nitrogens is 2. The monoisotopic (exact) mass is 179 g/mol. The molecular formula is C10H17N3. The highest BCUT2D eigenvalue weighted by atomic mass is 14.9. The third kappa shape index (κ3) is 3.11. The molecule has 3 nitrogen and oxygen atoms in total. The molecule has 0 aliphatic rings. The van der Waals surface area contributed by atoms with Crippen LogP contribution >= 0.6 is 0 Å². The van der Waals surface area contributed by atoms with Crippen molar-refractivity contribution >= 4 is 0 Å². The molecule has 0 saturated heterocycles. The van der Waals surface area contributed by atoms with Gasteiger partial charge in [0, 0.05) is 17.9 Å². The van der Waals surface area contributed by atoms with Crippen LogP contribution in [0.1, 0.15) is 30.4 Å². The highest BCUT2D eigenvalue weighted by Crippen LogP contribution is 2.07. The summed E-state index contributed by atoms with van der Waals surface area (Å²) < 4.78 is 0. The van der Waals surface area contributed by atoms with E-state index in [4.69, 9.17) is 5.73 Å². The summed E-state index contributed by atoms with van der Waals surface area (Å²) in [5.74, 6) is 0.838. The fourth-order valence-corrected chi connectivity index (χ4v) is 1.19. The lowest BCUT2D eigenvalue weighted by atomic mass is 10.1. The van der Waals surface area contributed by atoms with Crippen molar-refractivity contribution in [3.05, 3.63) is 23.3 Å². The van der Waals surface area contributed by atoms with Gasteiger partial charge in [-0.1, -0.05) is 0 Å². The summed E-state index contributed by atoms with van der Waals surface area (Å²) in [6.07, 6.45) is 3.81. The molecule has 0 aliphatic heterocycles. The Morgan fingerprint density at radius 2 is 2.15 bits per heavy atom. The zero-order chi connectivity index (χ0) is 9.84. The van der Waals surface area contributed by atoms with E-state index in [1.165, 1.54) is 0 Å². The second-order valence-electron chi connectivity index (χ2n) is 3.56. The topological polar surface area (TPSA) is 51.8 Å². The van der Waals surface area contributed by atoms with E-state index in [1.807, 2.05) is 27.0 Å². The van der Waals surface area contributed by atoms with E-state index in [0.717, 1.165) is 29.9 Å². The van der Waals surface area contributed by atoms with Gasteiger partial charge in [-0.05, 0) is 39.2 Å². The van der Waals surface area contributed by atoms with E-state index < -0.39 is 0 Å². The molecule has 0 aliphatic carbocycles. The van der Waals surface area contributed by atoms with Crippen LogP contribution in [-0.2, 0) is 6.42 Å². The molecule has 1 rings (SSSR count). The second kappa shape index (κ2) is 4.33. The summed E-state index contributed by atoms with van der Waals surface area (Å²) >= 11 is 0. The van der Waals surface area contributed by atoms with Gasteiger partial charge < -0.3 is 5.73 Å². The Morgan fingerprint density at radius 1 is 1.46 bits per heavy atom. The minimum atomic E-state index is 0.245. The Hall–Kier alpha value is -0.960. The van der Waals surface area contributed by atoms with Crippen LogP contribution in [0.25, 0.3) is 0 Å². The first-order chi connectivity index (χ1) is 6.09. The predicted molar refractivity (Wildman–Crippen MR) is 53.5 cm³/mol. The highest BCUT2D eigenvalue weighted by Gasteiger charge is 2.02.